The van der Waals surface area contributed by atoms with Gasteiger partial charge in [0.05, 0.1) is 5.69 Å². The summed E-state index contributed by atoms with van der Waals surface area (Å²) in [4.78, 5) is 19.0. The predicted octanol–water partition coefficient (Wildman–Crippen LogP) is 5.64. The summed E-state index contributed by atoms with van der Waals surface area (Å²) in [5.74, 6) is 1.17. The lowest BCUT2D eigenvalue weighted by atomic mass is 10.1. The van der Waals surface area contributed by atoms with E-state index in [0.717, 1.165) is 39.9 Å². The number of halogens is 1. The van der Waals surface area contributed by atoms with Gasteiger partial charge in [-0.05, 0) is 24.6 Å². The average Bonchev–Trinajstić information content (AvgIpc) is 2.88. The Morgan fingerprint density at radius 1 is 1.20 bits per heavy atom. The Morgan fingerprint density at radius 3 is 2.80 bits per heavy atom. The van der Waals surface area contributed by atoms with Crippen LogP contribution in [0.25, 0.3) is 11.3 Å². The van der Waals surface area contributed by atoms with Crippen LogP contribution in [0.2, 0.25) is 0 Å². The van der Waals surface area contributed by atoms with Crippen molar-refractivity contribution in [1.29, 1.82) is 0 Å². The Labute approximate surface area is 188 Å². The molecule has 1 aliphatic rings. The van der Waals surface area contributed by atoms with Gasteiger partial charge >= 0.3 is 0 Å². The van der Waals surface area contributed by atoms with Gasteiger partial charge in [-0.1, -0.05) is 71.4 Å². The quantitative estimate of drug-likeness (QED) is 0.344. The highest BCUT2D eigenvalue weighted by molar-refractivity contribution is 9.10. The number of anilines is 1. The third-order valence-electron chi connectivity index (χ3n) is 4.71. The first kappa shape index (κ1) is 20.8. The lowest BCUT2D eigenvalue weighted by molar-refractivity contribution is -0.118. The van der Waals surface area contributed by atoms with Crippen molar-refractivity contribution in [2.24, 2.45) is 0 Å². The molecule has 1 aromatic heterocycles. The standard InChI is InChI=1S/C22H21BrN4O2S/c1-3-4-12-30-22-24-20-19(25-26-22)17-10-5-6-11-18(17)27(14(2)28)21(29-20)15-8-7-9-16(23)13-15/h5-11,13,21H,3-4,12H2,1-2H3. The number of thioether (sulfide) groups is 1. The maximum Gasteiger partial charge on any atom is 0.247 e. The van der Waals surface area contributed by atoms with Crippen molar-refractivity contribution in [2.75, 3.05) is 10.7 Å². The van der Waals surface area contributed by atoms with Crippen molar-refractivity contribution in [3.05, 3.63) is 58.6 Å². The van der Waals surface area contributed by atoms with E-state index in [0.29, 0.717) is 16.7 Å². The summed E-state index contributed by atoms with van der Waals surface area (Å²) in [6, 6.07) is 15.3. The number of fused-ring (bicyclic) bond motifs is 3. The Bertz CT molecular complexity index is 1080. The van der Waals surface area contributed by atoms with Gasteiger partial charge in [0.15, 0.2) is 5.69 Å². The zero-order valence-electron chi connectivity index (χ0n) is 16.7. The van der Waals surface area contributed by atoms with Crippen LogP contribution < -0.4 is 9.64 Å². The first-order chi connectivity index (χ1) is 14.6. The second-order valence-corrected chi connectivity index (χ2v) is 8.86. The minimum absolute atomic E-state index is 0.134. The number of hydrogen-bond donors (Lipinski definition) is 0. The molecule has 0 saturated heterocycles. The molecule has 0 saturated carbocycles. The van der Waals surface area contributed by atoms with Crippen molar-refractivity contribution in [2.45, 2.75) is 38.1 Å². The van der Waals surface area contributed by atoms with Crippen molar-refractivity contribution in [3.8, 4) is 17.1 Å². The van der Waals surface area contributed by atoms with Gasteiger partial charge < -0.3 is 4.74 Å². The zero-order chi connectivity index (χ0) is 21.1. The fourth-order valence-corrected chi connectivity index (χ4v) is 4.58. The topological polar surface area (TPSA) is 68.2 Å². The SMILES string of the molecule is CCCCSc1nnc2c(n1)OC(c1cccc(Br)c1)N(C(C)=O)c1ccccc1-2. The predicted molar refractivity (Wildman–Crippen MR) is 122 cm³/mol. The lowest BCUT2D eigenvalue weighted by Gasteiger charge is -2.30. The number of benzene rings is 2. The van der Waals surface area contributed by atoms with Crippen molar-refractivity contribution in [3.63, 3.8) is 0 Å². The smallest absolute Gasteiger partial charge is 0.247 e. The van der Waals surface area contributed by atoms with E-state index in [2.05, 4.69) is 38.0 Å². The van der Waals surface area contributed by atoms with Gasteiger partial charge in [-0.15, -0.1) is 10.2 Å². The molecule has 0 spiro atoms. The number of amides is 1. The van der Waals surface area contributed by atoms with Crippen molar-refractivity contribution in [1.82, 2.24) is 15.2 Å². The van der Waals surface area contributed by atoms with Gasteiger partial charge in [-0.2, -0.15) is 4.98 Å². The molecule has 1 atom stereocenters. The summed E-state index contributed by atoms with van der Waals surface area (Å²) in [7, 11) is 0. The second-order valence-electron chi connectivity index (χ2n) is 6.88. The van der Waals surface area contributed by atoms with Crippen LogP contribution in [0.1, 0.15) is 38.5 Å². The van der Waals surface area contributed by atoms with Crippen LogP contribution in [-0.4, -0.2) is 26.8 Å². The van der Waals surface area contributed by atoms with Gasteiger partial charge in [0.2, 0.25) is 23.2 Å². The summed E-state index contributed by atoms with van der Waals surface area (Å²) in [6.45, 7) is 3.68. The molecule has 4 rings (SSSR count). The largest absolute Gasteiger partial charge is 0.447 e. The number of nitrogens with zero attached hydrogens (tertiary/aromatic N) is 4. The molecule has 8 heteroatoms. The second kappa shape index (κ2) is 9.14. The fourth-order valence-electron chi connectivity index (χ4n) is 3.30. The van der Waals surface area contributed by atoms with Crippen molar-refractivity contribution < 1.29 is 9.53 Å². The lowest BCUT2D eigenvalue weighted by Crippen LogP contribution is -2.36. The minimum atomic E-state index is -0.674. The van der Waals surface area contributed by atoms with Crippen LogP contribution in [0.4, 0.5) is 5.69 Å². The van der Waals surface area contributed by atoms with E-state index < -0.39 is 6.23 Å². The average molecular weight is 485 g/mol. The Morgan fingerprint density at radius 2 is 2.03 bits per heavy atom. The van der Waals surface area contributed by atoms with Crippen LogP contribution in [0.15, 0.2) is 58.2 Å². The third-order valence-corrected chi connectivity index (χ3v) is 6.13. The summed E-state index contributed by atoms with van der Waals surface area (Å²) in [5, 5.41) is 9.30. The summed E-state index contributed by atoms with van der Waals surface area (Å²) < 4.78 is 7.26. The van der Waals surface area contributed by atoms with Gasteiger partial charge in [-0.3, -0.25) is 9.69 Å². The van der Waals surface area contributed by atoms with E-state index >= 15 is 0 Å². The van der Waals surface area contributed by atoms with E-state index in [9.17, 15) is 4.79 Å². The molecule has 6 nitrogen and oxygen atoms in total. The number of para-hydroxylation sites is 1. The summed E-state index contributed by atoms with van der Waals surface area (Å²) in [5.41, 5.74) is 2.86. The van der Waals surface area contributed by atoms with Crippen LogP contribution >= 0.6 is 27.7 Å². The number of hydrogen-bond acceptors (Lipinski definition) is 6. The molecule has 0 radical (unpaired) electrons. The minimum Gasteiger partial charge on any atom is -0.447 e. The van der Waals surface area contributed by atoms with Gasteiger partial charge in [0.1, 0.15) is 0 Å². The Balaban J connectivity index is 1.86. The highest BCUT2D eigenvalue weighted by Crippen LogP contribution is 2.43. The Hall–Kier alpha value is -2.45. The molecular formula is C22H21BrN4O2S. The molecule has 0 bridgehead atoms. The van der Waals surface area contributed by atoms with Crippen molar-refractivity contribution >= 4 is 39.3 Å². The number of carbonyl (C=O) groups is 1. The fraction of sp³-hybridized carbons (Fsp3) is 0.273. The molecule has 1 amide bonds. The van der Waals surface area contributed by atoms with Crippen LogP contribution in [-0.2, 0) is 4.79 Å². The van der Waals surface area contributed by atoms with E-state index in [4.69, 9.17) is 4.74 Å². The molecule has 2 aromatic carbocycles. The van der Waals surface area contributed by atoms with Gasteiger partial charge in [-0.25, -0.2) is 0 Å². The van der Waals surface area contributed by atoms with Gasteiger partial charge in [0.25, 0.3) is 0 Å². The van der Waals surface area contributed by atoms with E-state index in [-0.39, 0.29) is 5.91 Å². The number of rotatable bonds is 5. The molecule has 0 aliphatic carbocycles. The van der Waals surface area contributed by atoms with Crippen LogP contribution in [0.5, 0.6) is 5.88 Å². The molecule has 1 aliphatic heterocycles. The van der Waals surface area contributed by atoms with E-state index in [1.807, 2.05) is 48.5 Å². The van der Waals surface area contributed by atoms with Crippen LogP contribution in [0, 0.1) is 0 Å². The molecule has 3 aromatic rings. The maximum absolute atomic E-state index is 12.7. The molecular weight excluding hydrogens is 464 g/mol. The summed E-state index contributed by atoms with van der Waals surface area (Å²) >= 11 is 5.08. The molecule has 2 heterocycles. The highest BCUT2D eigenvalue weighted by Gasteiger charge is 2.34. The first-order valence-corrected chi connectivity index (χ1v) is 11.5. The zero-order valence-corrected chi connectivity index (χ0v) is 19.1. The number of aromatic nitrogens is 3. The first-order valence-electron chi connectivity index (χ1n) is 9.77. The van der Waals surface area contributed by atoms with E-state index in [1.165, 1.54) is 6.92 Å². The normalized spacial score (nSPS) is 15.0. The molecule has 1 unspecified atom stereocenters. The molecule has 154 valence electrons. The number of carbonyl (C=O) groups excluding carboxylic acids is 1. The number of ether oxygens (including phenoxy) is 1. The molecule has 0 fully saturated rings. The Kier molecular flexibility index (Phi) is 6.34. The number of unbranched alkanes of at least 4 members (excludes halogenated alkanes) is 1. The maximum atomic E-state index is 12.7. The molecule has 0 N–H and O–H groups in total. The van der Waals surface area contributed by atoms with E-state index in [1.54, 1.807) is 16.7 Å². The highest BCUT2D eigenvalue weighted by atomic mass is 79.9. The third kappa shape index (κ3) is 4.20. The summed E-state index contributed by atoms with van der Waals surface area (Å²) in [6.07, 6.45) is 1.51. The molecule has 30 heavy (non-hydrogen) atoms. The monoisotopic (exact) mass is 484 g/mol. The van der Waals surface area contributed by atoms with Crippen LogP contribution in [0.3, 0.4) is 0 Å². The van der Waals surface area contributed by atoms with Gasteiger partial charge in [0, 0.05) is 28.3 Å².